The predicted octanol–water partition coefficient (Wildman–Crippen LogP) is 4.60. The van der Waals surface area contributed by atoms with E-state index in [2.05, 4.69) is 16.2 Å². The molecule has 3 aromatic rings. The van der Waals surface area contributed by atoms with Gasteiger partial charge in [0.15, 0.2) is 10.9 Å². The Morgan fingerprint density at radius 3 is 2.29 bits per heavy atom. The van der Waals surface area contributed by atoms with Crippen LogP contribution in [0.2, 0.25) is 0 Å². The highest BCUT2D eigenvalue weighted by Crippen LogP contribution is 2.37. The van der Waals surface area contributed by atoms with Crippen LogP contribution in [0.1, 0.15) is 16.1 Å². The molecule has 0 aliphatic rings. The molecule has 1 amide bonds. The maximum absolute atomic E-state index is 13.1. The molecule has 0 fully saturated rings. The van der Waals surface area contributed by atoms with Crippen molar-refractivity contribution in [3.63, 3.8) is 0 Å². The minimum atomic E-state index is -4.54. The summed E-state index contributed by atoms with van der Waals surface area (Å²) in [5, 5.41) is 2.99. The molecule has 0 saturated heterocycles. The van der Waals surface area contributed by atoms with Crippen LogP contribution in [0, 0.1) is 0 Å². The first kappa shape index (κ1) is 19.4. The summed E-state index contributed by atoms with van der Waals surface area (Å²) in [5.41, 5.74) is 4.54. The molecule has 1 aromatic heterocycles. The second-order valence-corrected chi connectivity index (χ2v) is 6.01. The quantitative estimate of drug-likeness (QED) is 0.439. The minimum Gasteiger partial charge on any atom is -0.451 e. The highest BCUT2D eigenvalue weighted by molar-refractivity contribution is 7.80. The van der Waals surface area contributed by atoms with Crippen molar-refractivity contribution < 1.29 is 22.4 Å². The lowest BCUT2D eigenvalue weighted by Gasteiger charge is -2.11. The number of benzene rings is 2. The molecular weight excluding hydrogens is 391 g/mol. The largest absolute Gasteiger partial charge is 0.451 e. The Morgan fingerprint density at radius 2 is 1.57 bits per heavy atom. The molecule has 9 heteroatoms. The normalized spacial score (nSPS) is 11.0. The van der Waals surface area contributed by atoms with Gasteiger partial charge in [0.1, 0.15) is 5.76 Å². The van der Waals surface area contributed by atoms with E-state index in [9.17, 15) is 18.0 Å². The molecule has 0 atom stereocenters. The fourth-order valence-corrected chi connectivity index (χ4v) is 2.58. The van der Waals surface area contributed by atoms with Gasteiger partial charge in [0.05, 0.1) is 5.56 Å². The molecule has 0 saturated carbocycles. The highest BCUT2D eigenvalue weighted by Gasteiger charge is 2.34. The molecule has 1 heterocycles. The van der Waals surface area contributed by atoms with Gasteiger partial charge in [-0.1, -0.05) is 36.4 Å². The lowest BCUT2D eigenvalue weighted by molar-refractivity contribution is -0.137. The smallest absolute Gasteiger partial charge is 0.417 e. The van der Waals surface area contributed by atoms with E-state index in [1.807, 2.05) is 18.2 Å². The van der Waals surface area contributed by atoms with Gasteiger partial charge in [-0.2, -0.15) is 13.2 Å². The molecule has 0 bridgehead atoms. The third kappa shape index (κ3) is 4.68. The van der Waals surface area contributed by atoms with E-state index in [1.54, 1.807) is 12.1 Å². The average molecular weight is 405 g/mol. The first-order valence-electron chi connectivity index (χ1n) is 8.03. The van der Waals surface area contributed by atoms with Crippen LogP contribution in [-0.4, -0.2) is 11.0 Å². The monoisotopic (exact) mass is 405 g/mol. The van der Waals surface area contributed by atoms with Crippen molar-refractivity contribution in [2.75, 3.05) is 5.32 Å². The number of furan rings is 1. The lowest BCUT2D eigenvalue weighted by atomic mass is 10.1. The van der Waals surface area contributed by atoms with Gasteiger partial charge >= 0.3 is 12.1 Å². The number of halogens is 3. The molecule has 0 spiro atoms. The Kier molecular flexibility index (Phi) is 5.65. The number of alkyl halides is 3. The zero-order chi connectivity index (χ0) is 20.1. The van der Waals surface area contributed by atoms with Gasteiger partial charge in [-0.25, -0.2) is 0 Å². The molecule has 3 rings (SSSR count). The molecule has 0 unspecified atom stereocenters. The molecule has 0 radical (unpaired) electrons. The van der Waals surface area contributed by atoms with Crippen molar-refractivity contribution in [1.29, 1.82) is 0 Å². The Balaban J connectivity index is 1.66. The van der Waals surface area contributed by atoms with Crippen molar-refractivity contribution in [2.24, 2.45) is 0 Å². The topological polar surface area (TPSA) is 66.3 Å². The number of hydrogen-bond acceptors (Lipinski definition) is 3. The Morgan fingerprint density at radius 1 is 0.893 bits per heavy atom. The molecule has 144 valence electrons. The van der Waals surface area contributed by atoms with Crippen LogP contribution in [0.5, 0.6) is 0 Å². The molecule has 28 heavy (non-hydrogen) atoms. The summed E-state index contributed by atoms with van der Waals surface area (Å²) >= 11 is 5.05. The molecule has 0 aliphatic heterocycles. The molecule has 2 aromatic carbocycles. The van der Waals surface area contributed by atoms with E-state index in [4.69, 9.17) is 16.6 Å². The minimum absolute atomic E-state index is 0.0666. The van der Waals surface area contributed by atoms with Crippen molar-refractivity contribution in [3.05, 3.63) is 78.1 Å². The van der Waals surface area contributed by atoms with Gasteiger partial charge < -0.3 is 9.73 Å². The van der Waals surface area contributed by atoms with Crippen molar-refractivity contribution >= 4 is 28.9 Å². The fourth-order valence-electron chi connectivity index (χ4n) is 2.41. The summed E-state index contributed by atoms with van der Waals surface area (Å²) in [7, 11) is 0. The van der Waals surface area contributed by atoms with Gasteiger partial charge in [-0.15, -0.1) is 0 Å². The van der Waals surface area contributed by atoms with E-state index in [0.717, 1.165) is 11.8 Å². The van der Waals surface area contributed by atoms with E-state index in [1.165, 1.54) is 30.3 Å². The number of anilines is 1. The van der Waals surface area contributed by atoms with Gasteiger partial charge in [-0.05, 0) is 42.5 Å². The SMILES string of the molecule is O=C(NNC(=S)Nc1ccccc1)c1ccc(-c2ccccc2C(F)(F)F)o1. The number of thiocarbonyl (C=S) groups is 1. The number of carbonyl (C=O) groups excluding carboxylic acids is 1. The number of hydrazine groups is 1. The first-order chi connectivity index (χ1) is 13.3. The van der Waals surface area contributed by atoms with Crippen molar-refractivity contribution in [2.45, 2.75) is 6.18 Å². The molecule has 0 aliphatic carbocycles. The van der Waals surface area contributed by atoms with Crippen molar-refractivity contribution in [1.82, 2.24) is 10.9 Å². The summed E-state index contributed by atoms with van der Waals surface area (Å²) in [5.74, 6) is -0.919. The Labute approximate surface area is 163 Å². The lowest BCUT2D eigenvalue weighted by Crippen LogP contribution is -2.43. The number of hydrogen-bond donors (Lipinski definition) is 3. The molecule has 3 N–H and O–H groups in total. The van der Waals surface area contributed by atoms with Gasteiger partial charge in [0.2, 0.25) is 0 Å². The number of carbonyl (C=O) groups is 1. The zero-order valence-corrected chi connectivity index (χ0v) is 15.0. The van der Waals surface area contributed by atoms with Crippen molar-refractivity contribution in [3.8, 4) is 11.3 Å². The average Bonchev–Trinajstić information content (AvgIpc) is 3.16. The van der Waals surface area contributed by atoms with Crippen LogP contribution in [0.15, 0.2) is 71.1 Å². The second kappa shape index (κ2) is 8.13. The van der Waals surface area contributed by atoms with Crippen LogP contribution in [0.25, 0.3) is 11.3 Å². The summed E-state index contributed by atoms with van der Waals surface area (Å²) in [6, 6.07) is 16.6. The first-order valence-corrected chi connectivity index (χ1v) is 8.44. The fraction of sp³-hybridized carbons (Fsp3) is 0.0526. The van der Waals surface area contributed by atoms with E-state index in [-0.39, 0.29) is 22.2 Å². The van der Waals surface area contributed by atoms with Gasteiger partial charge in [0.25, 0.3) is 0 Å². The Bertz CT molecular complexity index is 987. The summed E-state index contributed by atoms with van der Waals surface area (Å²) in [6.45, 7) is 0. The molecule has 5 nitrogen and oxygen atoms in total. The van der Waals surface area contributed by atoms with Gasteiger partial charge in [0, 0.05) is 11.3 Å². The van der Waals surface area contributed by atoms with Crippen LogP contribution in [0.3, 0.4) is 0 Å². The maximum Gasteiger partial charge on any atom is 0.417 e. The number of amides is 1. The molecular formula is C19H14F3N3O2S. The maximum atomic E-state index is 13.1. The van der Waals surface area contributed by atoms with E-state index >= 15 is 0 Å². The van der Waals surface area contributed by atoms with Crippen LogP contribution in [-0.2, 0) is 6.18 Å². The van der Waals surface area contributed by atoms with E-state index < -0.39 is 17.6 Å². The Hall–Kier alpha value is -3.33. The van der Waals surface area contributed by atoms with Crippen LogP contribution < -0.4 is 16.2 Å². The summed E-state index contributed by atoms with van der Waals surface area (Å²) in [4.78, 5) is 12.2. The van der Waals surface area contributed by atoms with Gasteiger partial charge in [-0.3, -0.25) is 15.6 Å². The number of rotatable bonds is 3. The summed E-state index contributed by atoms with van der Waals surface area (Å²) in [6.07, 6.45) is -4.54. The zero-order valence-electron chi connectivity index (χ0n) is 14.2. The van der Waals surface area contributed by atoms with Crippen LogP contribution in [0.4, 0.5) is 18.9 Å². The van der Waals surface area contributed by atoms with E-state index in [0.29, 0.717) is 0 Å². The predicted molar refractivity (Wildman–Crippen MR) is 102 cm³/mol. The standard InChI is InChI=1S/C19H14F3N3O2S/c20-19(21,22)14-9-5-4-8-13(14)15-10-11-16(27-15)17(26)24-25-18(28)23-12-6-2-1-3-7-12/h1-11H,(H,24,26)(H2,23,25,28). The number of nitrogens with one attached hydrogen (secondary N) is 3. The third-order valence-corrected chi connectivity index (χ3v) is 3.85. The number of para-hydroxylation sites is 1. The summed E-state index contributed by atoms with van der Waals surface area (Å²) < 4.78 is 44.7. The highest BCUT2D eigenvalue weighted by atomic mass is 32.1. The second-order valence-electron chi connectivity index (χ2n) is 5.61. The third-order valence-electron chi connectivity index (χ3n) is 3.65. The van der Waals surface area contributed by atoms with Crippen LogP contribution >= 0.6 is 12.2 Å².